The normalized spacial score (nSPS) is 12.2. The Hall–Kier alpha value is -5.54. The summed E-state index contributed by atoms with van der Waals surface area (Å²) in [4.78, 5) is 0. The van der Waals surface area contributed by atoms with Crippen LogP contribution in [0.15, 0.2) is 158 Å². The van der Waals surface area contributed by atoms with Crippen LogP contribution in [0.3, 0.4) is 0 Å². The molecule has 0 saturated heterocycles. The summed E-state index contributed by atoms with van der Waals surface area (Å²) in [7, 11) is 0. The molecule has 0 fully saturated rings. The Kier molecular flexibility index (Phi) is 5.51. The van der Waals surface area contributed by atoms with Crippen molar-refractivity contribution in [3.63, 3.8) is 0 Å². The molecule has 0 spiro atoms. The van der Waals surface area contributed by atoms with Crippen LogP contribution in [0.2, 0.25) is 0 Å². The molecule has 48 heavy (non-hydrogen) atoms. The van der Waals surface area contributed by atoms with Crippen molar-refractivity contribution in [1.29, 1.82) is 0 Å². The molecule has 2 heterocycles. The number of benzene rings is 9. The van der Waals surface area contributed by atoms with E-state index >= 15 is 0 Å². The maximum atomic E-state index is 2.43. The predicted molar refractivity (Wildman–Crippen MR) is 213 cm³/mol. The zero-order valence-corrected chi connectivity index (χ0v) is 27.5. The van der Waals surface area contributed by atoms with Crippen LogP contribution >= 0.6 is 22.7 Å². The third-order valence-corrected chi connectivity index (χ3v) is 12.5. The molecule has 2 aromatic heterocycles. The molecule has 11 aromatic rings. The molecule has 9 aromatic carbocycles. The van der Waals surface area contributed by atoms with Gasteiger partial charge in [0.1, 0.15) is 0 Å². The Morgan fingerprint density at radius 2 is 0.646 bits per heavy atom. The summed E-state index contributed by atoms with van der Waals surface area (Å²) in [6, 6.07) is 58.9. The van der Waals surface area contributed by atoms with Crippen molar-refractivity contribution in [2.45, 2.75) is 0 Å². The highest BCUT2D eigenvalue weighted by Gasteiger charge is 2.19. The van der Waals surface area contributed by atoms with Gasteiger partial charge in [0.2, 0.25) is 0 Å². The molecule has 0 aliphatic heterocycles. The van der Waals surface area contributed by atoms with Gasteiger partial charge in [-0.25, -0.2) is 0 Å². The van der Waals surface area contributed by atoms with E-state index in [4.69, 9.17) is 0 Å². The Morgan fingerprint density at radius 1 is 0.271 bits per heavy atom. The van der Waals surface area contributed by atoms with Gasteiger partial charge in [0, 0.05) is 40.3 Å². The van der Waals surface area contributed by atoms with Crippen LogP contribution in [0.25, 0.3) is 106 Å². The highest BCUT2D eigenvalue weighted by Crippen LogP contribution is 2.47. The molecule has 0 aliphatic carbocycles. The number of hydrogen-bond donors (Lipinski definition) is 0. The van der Waals surface area contributed by atoms with Crippen LogP contribution in [0.4, 0.5) is 0 Å². The van der Waals surface area contributed by atoms with E-state index in [0.29, 0.717) is 0 Å². The van der Waals surface area contributed by atoms with E-state index in [1.54, 1.807) is 0 Å². The fraction of sp³-hybridized carbons (Fsp3) is 0. The lowest BCUT2D eigenvalue weighted by Crippen LogP contribution is -1.90. The highest BCUT2D eigenvalue weighted by atomic mass is 32.1. The first kappa shape index (κ1) is 26.5. The van der Waals surface area contributed by atoms with E-state index in [1.807, 2.05) is 22.7 Å². The van der Waals surface area contributed by atoms with Gasteiger partial charge in [-0.15, -0.1) is 22.7 Å². The largest absolute Gasteiger partial charge is 0.135 e. The van der Waals surface area contributed by atoms with Gasteiger partial charge in [-0.2, -0.15) is 0 Å². The standard InChI is InChI=1S/C46H26S2/c1-3-11-31-27(9-1)19-23-39-45(31)37-21-17-29(25-41(37)47-39)43-33-13-5-7-15-35(33)44(36-16-8-6-14-34(36)43)30-18-22-38-42(26-30)48-40-24-20-28-10-2-4-12-32(28)46(38)40/h1-26H. The zero-order valence-electron chi connectivity index (χ0n) is 25.8. The van der Waals surface area contributed by atoms with Crippen LogP contribution in [0, 0.1) is 0 Å². The van der Waals surface area contributed by atoms with Crippen LogP contribution < -0.4 is 0 Å². The van der Waals surface area contributed by atoms with E-state index in [0.717, 1.165) is 0 Å². The van der Waals surface area contributed by atoms with Crippen molar-refractivity contribution in [1.82, 2.24) is 0 Å². The lowest BCUT2D eigenvalue weighted by Gasteiger charge is -2.18. The van der Waals surface area contributed by atoms with E-state index in [1.165, 1.54) is 106 Å². The highest BCUT2D eigenvalue weighted by molar-refractivity contribution is 7.26. The van der Waals surface area contributed by atoms with Gasteiger partial charge in [0.05, 0.1) is 0 Å². The Morgan fingerprint density at radius 3 is 1.06 bits per heavy atom. The summed E-state index contributed by atoms with van der Waals surface area (Å²) < 4.78 is 5.35. The topological polar surface area (TPSA) is 0 Å². The molecule has 0 atom stereocenters. The van der Waals surface area contributed by atoms with Crippen molar-refractivity contribution < 1.29 is 0 Å². The molecule has 0 unspecified atom stereocenters. The van der Waals surface area contributed by atoms with Gasteiger partial charge >= 0.3 is 0 Å². The molecule has 0 N–H and O–H groups in total. The fourth-order valence-corrected chi connectivity index (χ4v) is 10.5. The van der Waals surface area contributed by atoms with E-state index < -0.39 is 0 Å². The van der Waals surface area contributed by atoms with Crippen molar-refractivity contribution in [2.24, 2.45) is 0 Å². The van der Waals surface area contributed by atoms with Gasteiger partial charge < -0.3 is 0 Å². The van der Waals surface area contributed by atoms with E-state index in [9.17, 15) is 0 Å². The summed E-state index contributed by atoms with van der Waals surface area (Å²) in [5.41, 5.74) is 5.15. The minimum atomic E-state index is 1.27. The summed E-state index contributed by atoms with van der Waals surface area (Å²) >= 11 is 3.80. The van der Waals surface area contributed by atoms with Gasteiger partial charge in [0.15, 0.2) is 0 Å². The number of rotatable bonds is 2. The van der Waals surface area contributed by atoms with Crippen LogP contribution in [-0.4, -0.2) is 0 Å². The second kappa shape index (κ2) is 9.98. The van der Waals surface area contributed by atoms with Crippen molar-refractivity contribution >= 4 is 106 Å². The van der Waals surface area contributed by atoms with Gasteiger partial charge in [0.25, 0.3) is 0 Å². The summed E-state index contributed by atoms with van der Waals surface area (Å²) in [6.07, 6.45) is 0. The third-order valence-electron chi connectivity index (χ3n) is 10.2. The lowest BCUT2D eigenvalue weighted by atomic mass is 9.85. The molecule has 2 heteroatoms. The molecule has 0 nitrogen and oxygen atoms in total. The molecule has 0 bridgehead atoms. The van der Waals surface area contributed by atoms with Gasteiger partial charge in [-0.1, -0.05) is 133 Å². The number of hydrogen-bond acceptors (Lipinski definition) is 2. The zero-order chi connectivity index (χ0) is 31.3. The van der Waals surface area contributed by atoms with Gasteiger partial charge in [-0.3, -0.25) is 0 Å². The fourth-order valence-electron chi connectivity index (χ4n) is 8.15. The molecule has 0 saturated carbocycles. The average Bonchev–Trinajstić information content (AvgIpc) is 3.71. The first-order valence-electron chi connectivity index (χ1n) is 16.4. The SMILES string of the molecule is c1ccc2c(c1)ccc1sc3cc(-c4c5ccccc5c(-c5ccc6c(c5)sc5ccc7ccccc7c56)c5ccccc45)ccc3c12. The smallest absolute Gasteiger partial charge is 0.0361 e. The number of thiophene rings is 2. The summed E-state index contributed by atoms with van der Waals surface area (Å²) in [6.45, 7) is 0. The quantitative estimate of drug-likeness (QED) is 0.165. The molecular formula is C46H26S2. The second-order valence-corrected chi connectivity index (χ2v) is 15.0. The van der Waals surface area contributed by atoms with E-state index in [-0.39, 0.29) is 0 Å². The third kappa shape index (κ3) is 3.70. The minimum absolute atomic E-state index is 1.27. The monoisotopic (exact) mass is 642 g/mol. The average molecular weight is 643 g/mol. The summed E-state index contributed by atoms with van der Waals surface area (Å²) in [5, 5.41) is 15.8. The van der Waals surface area contributed by atoms with E-state index in [2.05, 4.69) is 158 Å². The maximum Gasteiger partial charge on any atom is 0.0361 e. The first-order chi connectivity index (χ1) is 23.8. The minimum Gasteiger partial charge on any atom is -0.135 e. The molecule has 0 radical (unpaired) electrons. The molecule has 222 valence electrons. The molecule has 0 amide bonds. The Labute approximate surface area is 284 Å². The molecular weight excluding hydrogens is 617 g/mol. The number of fused-ring (bicyclic) bond motifs is 12. The van der Waals surface area contributed by atoms with Crippen LogP contribution in [-0.2, 0) is 0 Å². The Bertz CT molecular complexity index is 2850. The maximum absolute atomic E-state index is 2.43. The lowest BCUT2D eigenvalue weighted by molar-refractivity contribution is 1.70. The second-order valence-electron chi connectivity index (χ2n) is 12.8. The van der Waals surface area contributed by atoms with Crippen molar-refractivity contribution in [2.75, 3.05) is 0 Å². The predicted octanol–water partition coefficient (Wildman–Crippen LogP) is 14.4. The first-order valence-corrected chi connectivity index (χ1v) is 18.1. The van der Waals surface area contributed by atoms with Crippen molar-refractivity contribution in [3.8, 4) is 22.3 Å². The molecule has 11 rings (SSSR count). The van der Waals surface area contributed by atoms with Crippen LogP contribution in [0.5, 0.6) is 0 Å². The summed E-state index contributed by atoms with van der Waals surface area (Å²) in [5.74, 6) is 0. The van der Waals surface area contributed by atoms with Crippen LogP contribution in [0.1, 0.15) is 0 Å². The van der Waals surface area contributed by atoms with Gasteiger partial charge in [-0.05, 0) is 89.6 Å². The molecule has 0 aliphatic rings. The Balaban J connectivity index is 1.17. The van der Waals surface area contributed by atoms with Crippen molar-refractivity contribution in [3.05, 3.63) is 158 Å².